The molecule has 1 aromatic carbocycles. The van der Waals surface area contributed by atoms with Crippen molar-refractivity contribution in [2.75, 3.05) is 5.73 Å². The zero-order valence-electron chi connectivity index (χ0n) is 21.7. The molecule has 2 saturated carbocycles. The first-order valence-corrected chi connectivity index (χ1v) is 13.2. The molecule has 2 amide bonds. The molecular weight excluding hydrogens is 521 g/mol. The second kappa shape index (κ2) is 10.2. The standard InChI is InChI=1S/C26H28FN9O4/c1-12-8-13(2-6-17(12)27)11-29-22(37)19-10-20(36-25(31-19)33-24(28)34-36)23(38)30-18-7-4-14-9-15(3-5-16(14)18)21-32-26(39)40-35-21/h2,6,8,10,14-16,18H,3-5,7,9,11H2,1H3,(H2,28,34)(H,29,37)(H,30,38)(H,32,35,39)/t14?,15?,16-,18+/m1/s1. The van der Waals surface area contributed by atoms with Gasteiger partial charge in [0, 0.05) is 24.6 Å². The molecule has 2 fully saturated rings. The maximum Gasteiger partial charge on any atom is 0.438 e. The van der Waals surface area contributed by atoms with E-state index in [1.807, 2.05) is 0 Å². The Labute approximate surface area is 226 Å². The fraction of sp³-hybridized carbons (Fsp3) is 0.423. The third kappa shape index (κ3) is 4.92. The summed E-state index contributed by atoms with van der Waals surface area (Å²) in [4.78, 5) is 48.8. The monoisotopic (exact) mass is 549 g/mol. The summed E-state index contributed by atoms with van der Waals surface area (Å²) in [5.41, 5.74) is 7.05. The zero-order valence-corrected chi connectivity index (χ0v) is 21.7. The molecule has 0 spiro atoms. The number of nitrogen functional groups attached to an aromatic ring is 1. The van der Waals surface area contributed by atoms with Gasteiger partial charge in [0.1, 0.15) is 17.2 Å². The number of nitrogens with one attached hydrogen (secondary N) is 3. The van der Waals surface area contributed by atoms with Crippen LogP contribution in [-0.2, 0) is 6.54 Å². The Morgan fingerprint density at radius 1 is 1.18 bits per heavy atom. The van der Waals surface area contributed by atoms with E-state index >= 15 is 0 Å². The maximum absolute atomic E-state index is 13.6. The molecule has 40 heavy (non-hydrogen) atoms. The SMILES string of the molecule is Cc1cc(CNC(=O)c2cc(C(=O)N[C@H]3CCC4CC(c5noc(=O)[nH]5)CC[C@H]43)n3nc(N)nc3n2)ccc1F. The number of nitrogens with two attached hydrogens (primary N) is 1. The van der Waals surface area contributed by atoms with Crippen molar-refractivity contribution in [1.82, 2.24) is 40.4 Å². The summed E-state index contributed by atoms with van der Waals surface area (Å²) in [5, 5.41) is 13.8. The number of hydrogen-bond acceptors (Lipinski definition) is 9. The second-order valence-electron chi connectivity index (χ2n) is 10.5. The number of H-pyrrole nitrogens is 1. The number of aromatic nitrogens is 6. The molecular formula is C26H28FN9O4. The quantitative estimate of drug-likeness (QED) is 0.278. The fourth-order valence-corrected chi connectivity index (χ4v) is 6.10. The highest BCUT2D eigenvalue weighted by molar-refractivity contribution is 5.98. The van der Waals surface area contributed by atoms with Crippen molar-refractivity contribution in [3.8, 4) is 0 Å². The zero-order chi connectivity index (χ0) is 28.0. The van der Waals surface area contributed by atoms with E-state index in [0.717, 1.165) is 37.7 Å². The molecule has 3 heterocycles. The topological polar surface area (TPSA) is 186 Å². The Balaban J connectivity index is 1.17. The number of fused-ring (bicyclic) bond motifs is 2. The Bertz CT molecular complexity index is 1660. The number of anilines is 1. The molecule has 13 nitrogen and oxygen atoms in total. The minimum Gasteiger partial charge on any atom is -0.366 e. The number of benzene rings is 1. The van der Waals surface area contributed by atoms with Crippen molar-refractivity contribution in [3.05, 3.63) is 69.0 Å². The van der Waals surface area contributed by atoms with Gasteiger partial charge in [0.25, 0.3) is 17.6 Å². The van der Waals surface area contributed by atoms with Crippen LogP contribution in [0.25, 0.3) is 5.78 Å². The van der Waals surface area contributed by atoms with Gasteiger partial charge in [0.2, 0.25) is 5.95 Å². The minimum atomic E-state index is -0.551. The molecule has 4 atom stereocenters. The molecule has 2 unspecified atom stereocenters. The van der Waals surface area contributed by atoms with Gasteiger partial charge in [-0.3, -0.25) is 19.1 Å². The van der Waals surface area contributed by atoms with Gasteiger partial charge in [0.05, 0.1) is 0 Å². The van der Waals surface area contributed by atoms with Crippen LogP contribution in [0.1, 0.15) is 76.0 Å². The van der Waals surface area contributed by atoms with Gasteiger partial charge in [-0.1, -0.05) is 17.3 Å². The lowest BCUT2D eigenvalue weighted by Gasteiger charge is -2.33. The molecule has 0 radical (unpaired) electrons. The van der Waals surface area contributed by atoms with E-state index in [1.54, 1.807) is 19.1 Å². The van der Waals surface area contributed by atoms with Gasteiger partial charge in [-0.25, -0.2) is 14.2 Å². The first-order chi connectivity index (χ1) is 19.2. The Kier molecular flexibility index (Phi) is 6.52. The van der Waals surface area contributed by atoms with Crippen molar-refractivity contribution in [2.24, 2.45) is 11.8 Å². The first kappa shape index (κ1) is 25.6. The summed E-state index contributed by atoms with van der Waals surface area (Å²) in [6.45, 7) is 1.80. The highest BCUT2D eigenvalue weighted by Crippen LogP contribution is 2.47. The molecule has 5 N–H and O–H groups in total. The predicted octanol–water partition coefficient (Wildman–Crippen LogP) is 1.85. The van der Waals surface area contributed by atoms with Crippen molar-refractivity contribution in [2.45, 2.75) is 57.5 Å². The van der Waals surface area contributed by atoms with Gasteiger partial charge in [-0.15, -0.1) is 5.10 Å². The van der Waals surface area contributed by atoms with Gasteiger partial charge in [-0.2, -0.15) is 9.50 Å². The fourth-order valence-electron chi connectivity index (χ4n) is 6.10. The largest absolute Gasteiger partial charge is 0.438 e. The average Bonchev–Trinajstić information content (AvgIpc) is 3.65. The molecule has 2 aliphatic rings. The van der Waals surface area contributed by atoms with E-state index in [1.165, 1.54) is 16.6 Å². The van der Waals surface area contributed by atoms with Crippen molar-refractivity contribution in [3.63, 3.8) is 0 Å². The van der Waals surface area contributed by atoms with Gasteiger partial charge in [0.15, 0.2) is 5.82 Å². The minimum absolute atomic E-state index is 0.0182. The number of amides is 2. The van der Waals surface area contributed by atoms with Crippen molar-refractivity contribution >= 4 is 23.5 Å². The van der Waals surface area contributed by atoms with Crippen LogP contribution < -0.4 is 22.1 Å². The molecule has 208 valence electrons. The van der Waals surface area contributed by atoms with Crippen LogP contribution in [0.4, 0.5) is 10.3 Å². The van der Waals surface area contributed by atoms with E-state index in [2.05, 4.69) is 40.4 Å². The van der Waals surface area contributed by atoms with Gasteiger partial charge >= 0.3 is 5.76 Å². The number of aryl methyl sites for hydroxylation is 1. The van der Waals surface area contributed by atoms with E-state index in [0.29, 0.717) is 17.3 Å². The number of nitrogens with zero attached hydrogens (tertiary/aromatic N) is 5. The van der Waals surface area contributed by atoms with E-state index in [9.17, 15) is 18.8 Å². The normalized spacial score (nSPS) is 22.2. The third-order valence-corrected chi connectivity index (χ3v) is 8.04. The summed E-state index contributed by atoms with van der Waals surface area (Å²) >= 11 is 0. The maximum atomic E-state index is 13.6. The number of hydrogen-bond donors (Lipinski definition) is 4. The smallest absolute Gasteiger partial charge is 0.366 e. The number of halogens is 1. The lowest BCUT2D eigenvalue weighted by atomic mass is 9.74. The van der Waals surface area contributed by atoms with E-state index in [4.69, 9.17) is 5.73 Å². The molecule has 3 aromatic heterocycles. The molecule has 0 bridgehead atoms. The lowest BCUT2D eigenvalue weighted by molar-refractivity contribution is 0.0907. The summed E-state index contributed by atoms with van der Waals surface area (Å²) < 4.78 is 19.5. The lowest BCUT2D eigenvalue weighted by Crippen LogP contribution is -2.41. The summed E-state index contributed by atoms with van der Waals surface area (Å²) in [5.74, 6) is -0.497. The number of carbonyl (C=O) groups excluding carboxylic acids is 2. The second-order valence-corrected chi connectivity index (χ2v) is 10.5. The van der Waals surface area contributed by atoms with Crippen LogP contribution in [-0.4, -0.2) is 47.6 Å². The van der Waals surface area contributed by atoms with Crippen molar-refractivity contribution < 1.29 is 18.5 Å². The molecule has 0 aliphatic heterocycles. The van der Waals surface area contributed by atoms with Crippen LogP contribution in [0, 0.1) is 24.6 Å². The Hall–Kier alpha value is -4.62. The first-order valence-electron chi connectivity index (χ1n) is 13.2. The molecule has 4 aromatic rings. The van der Waals surface area contributed by atoms with Crippen LogP contribution in [0.2, 0.25) is 0 Å². The Morgan fingerprint density at radius 3 is 2.80 bits per heavy atom. The summed E-state index contributed by atoms with van der Waals surface area (Å²) in [6.07, 6.45) is 4.30. The molecule has 0 saturated heterocycles. The average molecular weight is 550 g/mol. The number of carbonyl (C=O) groups is 2. The van der Waals surface area contributed by atoms with Crippen LogP contribution in [0.3, 0.4) is 0 Å². The molecule has 6 rings (SSSR count). The molecule has 2 aliphatic carbocycles. The van der Waals surface area contributed by atoms with Gasteiger partial charge < -0.3 is 16.4 Å². The van der Waals surface area contributed by atoms with Crippen LogP contribution in [0.5, 0.6) is 0 Å². The summed E-state index contributed by atoms with van der Waals surface area (Å²) in [6, 6.07) is 5.89. The highest BCUT2D eigenvalue weighted by atomic mass is 19.1. The highest BCUT2D eigenvalue weighted by Gasteiger charge is 2.42. The predicted molar refractivity (Wildman–Crippen MR) is 139 cm³/mol. The van der Waals surface area contributed by atoms with E-state index in [-0.39, 0.29) is 53.4 Å². The van der Waals surface area contributed by atoms with Gasteiger partial charge in [-0.05, 0) is 68.1 Å². The van der Waals surface area contributed by atoms with E-state index < -0.39 is 17.6 Å². The number of rotatable bonds is 6. The van der Waals surface area contributed by atoms with Crippen molar-refractivity contribution in [1.29, 1.82) is 0 Å². The Morgan fingerprint density at radius 2 is 2.02 bits per heavy atom. The van der Waals surface area contributed by atoms with Crippen LogP contribution in [0.15, 0.2) is 33.6 Å². The summed E-state index contributed by atoms with van der Waals surface area (Å²) in [7, 11) is 0. The molecule has 14 heteroatoms. The third-order valence-electron chi connectivity index (χ3n) is 8.04. The van der Waals surface area contributed by atoms with Crippen LogP contribution >= 0.6 is 0 Å². The number of aromatic amines is 1.